The van der Waals surface area contributed by atoms with E-state index in [0.717, 1.165) is 5.75 Å². The molecule has 0 aliphatic carbocycles. The van der Waals surface area contributed by atoms with Crippen molar-refractivity contribution in [2.45, 2.75) is 46.0 Å². The summed E-state index contributed by atoms with van der Waals surface area (Å²) in [7, 11) is 0. The van der Waals surface area contributed by atoms with E-state index in [1.54, 1.807) is 0 Å². The Morgan fingerprint density at radius 3 is 2.15 bits per heavy atom. The molecule has 0 bridgehead atoms. The van der Waals surface area contributed by atoms with Crippen LogP contribution < -0.4 is 0 Å². The number of nitrogens with zero attached hydrogens (tertiary/aromatic N) is 1. The minimum Gasteiger partial charge on any atom is -0.304 e. The van der Waals surface area contributed by atoms with E-state index in [0.29, 0.717) is 0 Å². The van der Waals surface area contributed by atoms with Crippen LogP contribution in [-0.2, 0) is 0 Å². The van der Waals surface area contributed by atoms with E-state index in [1.165, 1.54) is 51.7 Å². The minimum atomic E-state index is 1.02. The smallest absolute Gasteiger partial charge is 0.00111 e. The molecule has 0 aromatic heterocycles. The molecule has 0 atom stereocenters. The molecule has 0 aliphatic heterocycles. The fraction of sp³-hybridized carbons (Fsp3) is 1.00. The molecule has 80 valence electrons. The largest absolute Gasteiger partial charge is 0.304 e. The molecular weight excluding hydrogens is 178 g/mol. The second-order valence-electron chi connectivity index (χ2n) is 3.57. The zero-order valence-corrected chi connectivity index (χ0v) is 10.2. The molecule has 13 heavy (non-hydrogen) atoms. The van der Waals surface area contributed by atoms with Crippen molar-refractivity contribution >= 4 is 12.6 Å². The number of unbranched alkanes of at least 4 members (excludes halogenated alkanes) is 3. The van der Waals surface area contributed by atoms with Crippen LogP contribution >= 0.6 is 12.6 Å². The highest BCUT2D eigenvalue weighted by molar-refractivity contribution is 7.80. The van der Waals surface area contributed by atoms with Gasteiger partial charge in [0.2, 0.25) is 0 Å². The van der Waals surface area contributed by atoms with E-state index < -0.39 is 0 Å². The van der Waals surface area contributed by atoms with E-state index in [1.807, 2.05) is 0 Å². The van der Waals surface area contributed by atoms with Crippen LogP contribution in [0.2, 0.25) is 0 Å². The lowest BCUT2D eigenvalue weighted by molar-refractivity contribution is 0.282. The van der Waals surface area contributed by atoms with E-state index in [4.69, 9.17) is 0 Å². The highest BCUT2D eigenvalue weighted by Crippen LogP contribution is 2.02. The summed E-state index contributed by atoms with van der Waals surface area (Å²) in [5.41, 5.74) is 0. The van der Waals surface area contributed by atoms with Crippen molar-refractivity contribution in [1.29, 1.82) is 0 Å². The van der Waals surface area contributed by atoms with Gasteiger partial charge in [0.1, 0.15) is 0 Å². The lowest BCUT2D eigenvalue weighted by Gasteiger charge is -2.19. The molecule has 0 heterocycles. The van der Waals surface area contributed by atoms with Gasteiger partial charge in [-0.2, -0.15) is 12.6 Å². The molecule has 0 aliphatic rings. The zero-order valence-electron chi connectivity index (χ0n) is 9.26. The van der Waals surface area contributed by atoms with Crippen LogP contribution in [0.3, 0.4) is 0 Å². The third-order valence-electron chi connectivity index (χ3n) is 2.41. The standard InChI is InChI=1S/C11H25NS/c1-3-5-6-7-9-12(4-2)10-8-11-13/h13H,3-11H2,1-2H3. The SMILES string of the molecule is CCCCCCN(CC)CCCS. The molecule has 0 aromatic carbocycles. The highest BCUT2D eigenvalue weighted by Gasteiger charge is 1.99. The van der Waals surface area contributed by atoms with Gasteiger partial charge in [0.05, 0.1) is 0 Å². The second-order valence-corrected chi connectivity index (χ2v) is 4.02. The molecule has 0 fully saturated rings. The molecule has 0 rings (SSSR count). The first kappa shape index (κ1) is 13.3. The van der Waals surface area contributed by atoms with E-state index in [2.05, 4.69) is 31.4 Å². The van der Waals surface area contributed by atoms with Gasteiger partial charge in [-0.25, -0.2) is 0 Å². The molecule has 0 radical (unpaired) electrons. The van der Waals surface area contributed by atoms with Gasteiger partial charge in [-0.15, -0.1) is 0 Å². The van der Waals surface area contributed by atoms with Crippen LogP contribution in [0.25, 0.3) is 0 Å². The van der Waals surface area contributed by atoms with Crippen molar-refractivity contribution in [2.75, 3.05) is 25.4 Å². The van der Waals surface area contributed by atoms with Gasteiger partial charge in [-0.3, -0.25) is 0 Å². The van der Waals surface area contributed by atoms with Gasteiger partial charge in [0, 0.05) is 0 Å². The maximum absolute atomic E-state index is 4.23. The van der Waals surface area contributed by atoms with E-state index in [-0.39, 0.29) is 0 Å². The van der Waals surface area contributed by atoms with E-state index >= 15 is 0 Å². The monoisotopic (exact) mass is 203 g/mol. The fourth-order valence-electron chi connectivity index (χ4n) is 1.48. The third-order valence-corrected chi connectivity index (χ3v) is 2.72. The quantitative estimate of drug-likeness (QED) is 0.445. The molecule has 0 amide bonds. The Labute approximate surface area is 89.3 Å². The Morgan fingerprint density at radius 2 is 1.62 bits per heavy atom. The Hall–Kier alpha value is 0.310. The van der Waals surface area contributed by atoms with Crippen molar-refractivity contribution in [1.82, 2.24) is 4.90 Å². The van der Waals surface area contributed by atoms with Crippen molar-refractivity contribution < 1.29 is 0 Å². The van der Waals surface area contributed by atoms with Crippen LogP contribution in [0.1, 0.15) is 46.0 Å². The predicted molar refractivity (Wildman–Crippen MR) is 64.7 cm³/mol. The molecule has 0 N–H and O–H groups in total. The molecule has 2 heteroatoms. The van der Waals surface area contributed by atoms with Gasteiger partial charge in [0.25, 0.3) is 0 Å². The molecule has 0 aromatic rings. The molecule has 0 saturated carbocycles. The summed E-state index contributed by atoms with van der Waals surface area (Å²) in [6.45, 7) is 8.22. The third kappa shape index (κ3) is 8.63. The average Bonchev–Trinajstić information content (AvgIpc) is 2.17. The second kappa shape index (κ2) is 10.4. The number of thiol groups is 1. The lowest BCUT2D eigenvalue weighted by atomic mass is 10.2. The fourth-order valence-corrected chi connectivity index (χ4v) is 1.63. The summed E-state index contributed by atoms with van der Waals surface area (Å²) in [5, 5.41) is 0. The summed E-state index contributed by atoms with van der Waals surface area (Å²) in [5.74, 6) is 1.02. The predicted octanol–water partition coefficient (Wildman–Crippen LogP) is 3.21. The Bertz CT molecular complexity index is 96.1. The first-order chi connectivity index (χ1) is 6.35. The lowest BCUT2D eigenvalue weighted by Crippen LogP contribution is -2.25. The topological polar surface area (TPSA) is 3.24 Å². The normalized spacial score (nSPS) is 11.1. The van der Waals surface area contributed by atoms with Crippen molar-refractivity contribution in [3.8, 4) is 0 Å². The summed E-state index contributed by atoms with van der Waals surface area (Å²) >= 11 is 4.23. The van der Waals surface area contributed by atoms with Gasteiger partial charge < -0.3 is 4.90 Å². The molecule has 0 unspecified atom stereocenters. The highest BCUT2D eigenvalue weighted by atomic mass is 32.1. The molecular formula is C11H25NS. The van der Waals surface area contributed by atoms with Gasteiger partial charge in [0.15, 0.2) is 0 Å². The number of rotatable bonds is 9. The molecule has 1 nitrogen and oxygen atoms in total. The Kier molecular flexibility index (Phi) is 10.6. The van der Waals surface area contributed by atoms with Crippen molar-refractivity contribution in [2.24, 2.45) is 0 Å². The Morgan fingerprint density at radius 1 is 0.923 bits per heavy atom. The summed E-state index contributed by atoms with van der Waals surface area (Å²) in [6, 6.07) is 0. The average molecular weight is 203 g/mol. The van der Waals surface area contributed by atoms with Crippen LogP contribution in [0.5, 0.6) is 0 Å². The zero-order chi connectivity index (χ0) is 9.94. The number of hydrogen-bond donors (Lipinski definition) is 1. The van der Waals surface area contributed by atoms with Gasteiger partial charge in [-0.05, 0) is 38.2 Å². The van der Waals surface area contributed by atoms with Gasteiger partial charge in [-0.1, -0.05) is 33.1 Å². The van der Waals surface area contributed by atoms with Crippen LogP contribution in [0.15, 0.2) is 0 Å². The molecule has 0 spiro atoms. The first-order valence-corrected chi connectivity index (χ1v) is 6.31. The van der Waals surface area contributed by atoms with Crippen LogP contribution in [-0.4, -0.2) is 30.3 Å². The van der Waals surface area contributed by atoms with Crippen LogP contribution in [0, 0.1) is 0 Å². The van der Waals surface area contributed by atoms with Crippen LogP contribution in [0.4, 0.5) is 0 Å². The maximum Gasteiger partial charge on any atom is -0.00111 e. The summed E-state index contributed by atoms with van der Waals surface area (Å²) in [6.07, 6.45) is 6.72. The number of hydrogen-bond acceptors (Lipinski definition) is 2. The minimum absolute atomic E-state index is 1.02. The van der Waals surface area contributed by atoms with Crippen molar-refractivity contribution in [3.63, 3.8) is 0 Å². The Balaban J connectivity index is 3.25. The van der Waals surface area contributed by atoms with Crippen molar-refractivity contribution in [3.05, 3.63) is 0 Å². The van der Waals surface area contributed by atoms with E-state index in [9.17, 15) is 0 Å². The maximum atomic E-state index is 4.23. The molecule has 0 saturated heterocycles. The van der Waals surface area contributed by atoms with Gasteiger partial charge >= 0.3 is 0 Å². The first-order valence-electron chi connectivity index (χ1n) is 5.68. The summed E-state index contributed by atoms with van der Waals surface area (Å²) in [4.78, 5) is 2.53. The summed E-state index contributed by atoms with van der Waals surface area (Å²) < 4.78 is 0.